The van der Waals surface area contributed by atoms with Crippen molar-refractivity contribution in [2.75, 3.05) is 32.0 Å². The fraction of sp³-hybridized carbons (Fsp3) is 0.727. The Morgan fingerprint density at radius 2 is 2.44 bits per heavy atom. The first-order chi connectivity index (χ1) is 7.70. The third-order valence-electron chi connectivity index (χ3n) is 3.23. The van der Waals surface area contributed by atoms with Crippen molar-refractivity contribution in [1.29, 1.82) is 0 Å². The molecule has 2 heterocycles. The van der Waals surface area contributed by atoms with Crippen LogP contribution in [0.2, 0.25) is 0 Å². The monoisotopic (exact) mass is 226 g/mol. The second-order valence-corrected chi connectivity index (χ2v) is 4.45. The van der Waals surface area contributed by atoms with E-state index in [1.54, 1.807) is 4.68 Å². The summed E-state index contributed by atoms with van der Waals surface area (Å²) < 4.78 is 13.8. The summed E-state index contributed by atoms with van der Waals surface area (Å²) >= 11 is 0. The molecule has 5 heteroatoms. The van der Waals surface area contributed by atoms with Crippen LogP contribution in [0.3, 0.4) is 0 Å². The molecule has 0 bridgehead atoms. The van der Waals surface area contributed by atoms with Crippen LogP contribution in [0.5, 0.6) is 0 Å². The van der Waals surface area contributed by atoms with Crippen LogP contribution in [0.4, 0.5) is 10.2 Å². The molecule has 1 aliphatic heterocycles. The Balaban J connectivity index is 1.93. The van der Waals surface area contributed by atoms with Gasteiger partial charge in [0.25, 0.3) is 0 Å². The number of anilines is 1. The molecule has 4 nitrogen and oxygen atoms in total. The highest BCUT2D eigenvalue weighted by Crippen LogP contribution is 2.27. The minimum Gasteiger partial charge on any atom is -0.384 e. The van der Waals surface area contributed by atoms with Crippen molar-refractivity contribution in [1.82, 2.24) is 14.7 Å². The van der Waals surface area contributed by atoms with Gasteiger partial charge < -0.3 is 10.6 Å². The van der Waals surface area contributed by atoms with Crippen molar-refractivity contribution in [2.45, 2.75) is 18.8 Å². The lowest BCUT2D eigenvalue weighted by molar-refractivity contribution is 0.308. The van der Waals surface area contributed by atoms with E-state index in [9.17, 15) is 4.39 Å². The molecule has 90 valence electrons. The molecule has 1 saturated heterocycles. The van der Waals surface area contributed by atoms with E-state index in [1.807, 2.05) is 13.1 Å². The van der Waals surface area contributed by atoms with Crippen LogP contribution in [0.15, 0.2) is 6.07 Å². The first-order valence-electron chi connectivity index (χ1n) is 5.78. The third kappa shape index (κ3) is 2.35. The predicted octanol–water partition coefficient (Wildman–Crippen LogP) is 1.15. The van der Waals surface area contributed by atoms with E-state index in [-0.39, 0.29) is 6.67 Å². The van der Waals surface area contributed by atoms with Gasteiger partial charge in [-0.25, -0.2) is 0 Å². The lowest BCUT2D eigenvalue weighted by Gasteiger charge is -2.13. The van der Waals surface area contributed by atoms with Gasteiger partial charge in [0.05, 0.1) is 12.4 Å². The second-order valence-electron chi connectivity index (χ2n) is 4.45. The lowest BCUT2D eigenvalue weighted by Crippen LogP contribution is -2.22. The molecule has 0 spiro atoms. The highest BCUT2D eigenvalue weighted by Gasteiger charge is 2.25. The molecule has 0 aliphatic carbocycles. The Kier molecular flexibility index (Phi) is 3.43. The fourth-order valence-electron chi connectivity index (χ4n) is 2.26. The van der Waals surface area contributed by atoms with E-state index in [0.29, 0.717) is 18.2 Å². The van der Waals surface area contributed by atoms with Crippen LogP contribution < -0.4 is 5.73 Å². The average molecular weight is 226 g/mol. The number of alkyl halides is 1. The van der Waals surface area contributed by atoms with E-state index >= 15 is 0 Å². The Bertz CT molecular complexity index is 330. The molecule has 1 aliphatic rings. The summed E-state index contributed by atoms with van der Waals surface area (Å²) in [5.74, 6) is 1.17. The summed E-state index contributed by atoms with van der Waals surface area (Å²) in [6, 6.07) is 1.95. The standard InChI is InChI=1S/C11H19FN4/c1-15-11(13)7-10(14-15)9-3-6-16(8-9)5-2-4-12/h7,9H,2-6,8,13H2,1H3/t9-/m0/s1. The van der Waals surface area contributed by atoms with Crippen LogP contribution >= 0.6 is 0 Å². The molecule has 1 fully saturated rings. The van der Waals surface area contributed by atoms with Crippen LogP contribution in [-0.4, -0.2) is 41.0 Å². The van der Waals surface area contributed by atoms with Crippen molar-refractivity contribution in [3.63, 3.8) is 0 Å². The second kappa shape index (κ2) is 4.82. The summed E-state index contributed by atoms with van der Waals surface area (Å²) in [6.45, 7) is 2.66. The van der Waals surface area contributed by atoms with Crippen molar-refractivity contribution in [3.05, 3.63) is 11.8 Å². The molecule has 0 radical (unpaired) electrons. The first kappa shape index (κ1) is 11.4. The Morgan fingerprint density at radius 1 is 1.62 bits per heavy atom. The van der Waals surface area contributed by atoms with Crippen LogP contribution in [0.25, 0.3) is 0 Å². The number of hydrogen-bond donors (Lipinski definition) is 1. The molecular formula is C11H19FN4. The SMILES string of the molecule is Cn1nc([C@H]2CCN(CCCF)C2)cc1N. The minimum atomic E-state index is -0.225. The van der Waals surface area contributed by atoms with Crippen LogP contribution in [0, 0.1) is 0 Å². The molecule has 0 saturated carbocycles. The van der Waals surface area contributed by atoms with Gasteiger partial charge >= 0.3 is 0 Å². The van der Waals surface area contributed by atoms with Gasteiger partial charge in [0.1, 0.15) is 5.82 Å². The Labute approximate surface area is 95.2 Å². The first-order valence-corrected chi connectivity index (χ1v) is 5.78. The smallest absolute Gasteiger partial charge is 0.121 e. The number of nitrogen functional groups attached to an aromatic ring is 1. The number of nitrogens with two attached hydrogens (primary N) is 1. The average Bonchev–Trinajstić information content (AvgIpc) is 2.84. The van der Waals surface area contributed by atoms with Crippen LogP contribution in [-0.2, 0) is 7.05 Å². The highest BCUT2D eigenvalue weighted by atomic mass is 19.1. The Hall–Kier alpha value is -1.10. The van der Waals surface area contributed by atoms with E-state index in [2.05, 4.69) is 10.00 Å². The zero-order valence-electron chi connectivity index (χ0n) is 9.69. The zero-order valence-corrected chi connectivity index (χ0v) is 9.69. The number of halogens is 1. The predicted molar refractivity (Wildman–Crippen MR) is 62.0 cm³/mol. The maximum atomic E-state index is 12.1. The molecule has 0 aromatic carbocycles. The molecule has 0 amide bonds. The molecule has 2 rings (SSSR count). The van der Waals surface area contributed by atoms with E-state index in [1.165, 1.54) is 0 Å². The van der Waals surface area contributed by atoms with Crippen LogP contribution in [0.1, 0.15) is 24.5 Å². The summed E-state index contributed by atoms with van der Waals surface area (Å²) in [5.41, 5.74) is 6.83. The number of rotatable bonds is 4. The van der Waals surface area contributed by atoms with E-state index < -0.39 is 0 Å². The van der Waals surface area contributed by atoms with Gasteiger partial charge in [0.2, 0.25) is 0 Å². The highest BCUT2D eigenvalue weighted by molar-refractivity contribution is 5.32. The maximum Gasteiger partial charge on any atom is 0.121 e. The van der Waals surface area contributed by atoms with Crippen molar-refractivity contribution in [2.24, 2.45) is 7.05 Å². The van der Waals surface area contributed by atoms with Crippen molar-refractivity contribution < 1.29 is 4.39 Å². The molecule has 1 aromatic rings. The van der Waals surface area contributed by atoms with Crippen molar-refractivity contribution >= 4 is 5.82 Å². The normalized spacial score (nSPS) is 21.8. The maximum absolute atomic E-state index is 12.1. The van der Waals surface area contributed by atoms with Gasteiger partial charge in [-0.05, 0) is 19.4 Å². The molecule has 1 aromatic heterocycles. The summed E-state index contributed by atoms with van der Waals surface area (Å²) in [5, 5.41) is 4.40. The molecule has 0 unspecified atom stereocenters. The molecule has 2 N–H and O–H groups in total. The molecule has 1 atom stereocenters. The van der Waals surface area contributed by atoms with Gasteiger partial charge in [-0.2, -0.15) is 5.10 Å². The number of hydrogen-bond acceptors (Lipinski definition) is 3. The fourth-order valence-corrected chi connectivity index (χ4v) is 2.26. The van der Waals surface area contributed by atoms with E-state index in [4.69, 9.17) is 5.73 Å². The van der Waals surface area contributed by atoms with Gasteiger partial charge in [-0.1, -0.05) is 0 Å². The number of nitrogens with zero attached hydrogens (tertiary/aromatic N) is 3. The number of aromatic nitrogens is 2. The van der Waals surface area contributed by atoms with E-state index in [0.717, 1.165) is 31.7 Å². The van der Waals surface area contributed by atoms with Gasteiger partial charge in [0, 0.05) is 32.1 Å². The molecule has 16 heavy (non-hydrogen) atoms. The molecular weight excluding hydrogens is 207 g/mol. The number of aryl methyl sites for hydroxylation is 1. The number of likely N-dealkylation sites (tertiary alicyclic amines) is 1. The van der Waals surface area contributed by atoms with Gasteiger partial charge in [-0.15, -0.1) is 0 Å². The van der Waals surface area contributed by atoms with Gasteiger partial charge in [-0.3, -0.25) is 9.07 Å². The minimum absolute atomic E-state index is 0.225. The Morgan fingerprint density at radius 3 is 3.06 bits per heavy atom. The third-order valence-corrected chi connectivity index (χ3v) is 3.23. The quantitative estimate of drug-likeness (QED) is 0.837. The summed E-state index contributed by atoms with van der Waals surface area (Å²) in [6.07, 6.45) is 1.74. The summed E-state index contributed by atoms with van der Waals surface area (Å²) in [4.78, 5) is 2.30. The summed E-state index contributed by atoms with van der Waals surface area (Å²) in [7, 11) is 1.86. The van der Waals surface area contributed by atoms with Crippen molar-refractivity contribution in [3.8, 4) is 0 Å². The zero-order chi connectivity index (χ0) is 11.5. The largest absolute Gasteiger partial charge is 0.384 e. The van der Waals surface area contributed by atoms with Gasteiger partial charge in [0.15, 0.2) is 0 Å². The topological polar surface area (TPSA) is 47.1 Å². The lowest BCUT2D eigenvalue weighted by atomic mass is 10.1.